The van der Waals surface area contributed by atoms with Crippen molar-refractivity contribution in [3.63, 3.8) is 0 Å². The van der Waals surface area contributed by atoms with Crippen LogP contribution in [-0.4, -0.2) is 51.5 Å². The molecule has 1 heterocycles. The molecule has 1 N–H and O–H groups in total. The third kappa shape index (κ3) is 4.79. The van der Waals surface area contributed by atoms with E-state index in [1.807, 2.05) is 24.3 Å². The Morgan fingerprint density at radius 1 is 1.29 bits per heavy atom. The number of methoxy groups -OCH3 is 1. The van der Waals surface area contributed by atoms with Crippen LogP contribution in [0.5, 0.6) is 0 Å². The maximum absolute atomic E-state index is 11.7. The summed E-state index contributed by atoms with van der Waals surface area (Å²) in [5.41, 5.74) is 2.05. The van der Waals surface area contributed by atoms with Gasteiger partial charge in [0.2, 0.25) is 11.1 Å². The number of hydrogen-bond acceptors (Lipinski definition) is 7. The highest BCUT2D eigenvalue weighted by atomic mass is 32.2. The van der Waals surface area contributed by atoms with Crippen molar-refractivity contribution in [3.8, 4) is 5.69 Å². The molecule has 0 radical (unpaired) electrons. The van der Waals surface area contributed by atoms with E-state index in [0.29, 0.717) is 11.1 Å². The number of ether oxygens (including phenoxy) is 1. The maximum Gasteiger partial charge on any atom is 0.325 e. The number of carbonyl (C=O) groups excluding carboxylic acids is 2. The Labute approximate surface area is 144 Å². The van der Waals surface area contributed by atoms with E-state index >= 15 is 0 Å². The van der Waals surface area contributed by atoms with Crippen molar-refractivity contribution < 1.29 is 14.3 Å². The fourth-order valence-corrected chi connectivity index (χ4v) is 2.58. The lowest BCUT2D eigenvalue weighted by Gasteiger charge is -2.08. The van der Waals surface area contributed by atoms with Gasteiger partial charge in [-0.1, -0.05) is 37.7 Å². The lowest BCUT2D eigenvalue weighted by Crippen LogP contribution is -2.31. The molecular formula is C15H19N5O3S. The van der Waals surface area contributed by atoms with Gasteiger partial charge in [-0.3, -0.25) is 9.59 Å². The smallest absolute Gasteiger partial charge is 0.325 e. The summed E-state index contributed by atoms with van der Waals surface area (Å²) in [6.07, 6.45) is 0. The SMILES string of the molecule is COC(=O)CNC(=O)CSc1nnnn1-c1ccc(C(C)C)cc1. The molecule has 2 rings (SSSR count). The fourth-order valence-electron chi connectivity index (χ4n) is 1.86. The number of carbonyl (C=O) groups is 2. The standard InChI is InChI=1S/C15H19N5O3S/c1-10(2)11-4-6-12(7-5-11)20-15(17-18-19-20)24-9-13(21)16-8-14(22)23-3/h4-7,10H,8-9H2,1-3H3,(H,16,21). The van der Waals surface area contributed by atoms with Crippen LogP contribution >= 0.6 is 11.8 Å². The average Bonchev–Trinajstić information content (AvgIpc) is 3.06. The van der Waals surface area contributed by atoms with Crippen LogP contribution in [0.15, 0.2) is 29.4 Å². The first-order chi connectivity index (χ1) is 11.5. The van der Waals surface area contributed by atoms with Crippen LogP contribution in [0.1, 0.15) is 25.3 Å². The Morgan fingerprint density at radius 2 is 2.00 bits per heavy atom. The van der Waals surface area contributed by atoms with Crippen molar-refractivity contribution in [2.75, 3.05) is 19.4 Å². The van der Waals surface area contributed by atoms with Gasteiger partial charge < -0.3 is 10.1 Å². The van der Waals surface area contributed by atoms with E-state index in [-0.39, 0.29) is 18.2 Å². The molecule has 24 heavy (non-hydrogen) atoms. The van der Waals surface area contributed by atoms with Crippen molar-refractivity contribution >= 4 is 23.6 Å². The van der Waals surface area contributed by atoms with Crippen molar-refractivity contribution in [2.24, 2.45) is 0 Å². The van der Waals surface area contributed by atoms with Gasteiger partial charge in [0.25, 0.3) is 0 Å². The van der Waals surface area contributed by atoms with Gasteiger partial charge in [-0.15, -0.1) is 5.10 Å². The molecule has 2 aromatic rings. The van der Waals surface area contributed by atoms with E-state index in [1.54, 1.807) is 4.68 Å². The van der Waals surface area contributed by atoms with Crippen LogP contribution in [0.4, 0.5) is 0 Å². The highest BCUT2D eigenvalue weighted by Gasteiger charge is 2.12. The minimum absolute atomic E-state index is 0.0987. The number of nitrogens with zero attached hydrogens (tertiary/aromatic N) is 4. The summed E-state index contributed by atoms with van der Waals surface area (Å²) in [7, 11) is 1.27. The minimum Gasteiger partial charge on any atom is -0.468 e. The zero-order valence-electron chi connectivity index (χ0n) is 13.7. The van der Waals surface area contributed by atoms with Gasteiger partial charge in [0.05, 0.1) is 18.6 Å². The lowest BCUT2D eigenvalue weighted by molar-refractivity contribution is -0.140. The van der Waals surface area contributed by atoms with Crippen LogP contribution in [0, 0.1) is 0 Å². The molecule has 1 aromatic carbocycles. The first kappa shape index (κ1) is 17.9. The van der Waals surface area contributed by atoms with Crippen LogP contribution < -0.4 is 5.32 Å². The number of thioether (sulfide) groups is 1. The third-order valence-electron chi connectivity index (χ3n) is 3.24. The third-order valence-corrected chi connectivity index (χ3v) is 4.15. The molecule has 0 atom stereocenters. The highest BCUT2D eigenvalue weighted by Crippen LogP contribution is 2.20. The number of amides is 1. The van der Waals surface area contributed by atoms with Crippen LogP contribution in [0.3, 0.4) is 0 Å². The second-order valence-corrected chi connectivity index (χ2v) is 6.20. The normalized spacial score (nSPS) is 10.7. The second-order valence-electron chi connectivity index (χ2n) is 5.26. The van der Waals surface area contributed by atoms with Gasteiger partial charge in [0.1, 0.15) is 6.54 Å². The first-order valence-corrected chi connectivity index (χ1v) is 8.35. The Bertz CT molecular complexity index is 699. The summed E-state index contributed by atoms with van der Waals surface area (Å²) in [6, 6.07) is 7.93. The summed E-state index contributed by atoms with van der Waals surface area (Å²) in [5, 5.41) is 14.5. The number of benzene rings is 1. The summed E-state index contributed by atoms with van der Waals surface area (Å²) < 4.78 is 6.03. The largest absolute Gasteiger partial charge is 0.468 e. The zero-order chi connectivity index (χ0) is 17.5. The summed E-state index contributed by atoms with van der Waals surface area (Å²) in [4.78, 5) is 22.7. The minimum atomic E-state index is -0.497. The predicted octanol–water partition coefficient (Wildman–Crippen LogP) is 1.17. The number of rotatable bonds is 7. The van der Waals surface area contributed by atoms with E-state index in [4.69, 9.17) is 0 Å². The van der Waals surface area contributed by atoms with Crippen molar-refractivity contribution in [1.82, 2.24) is 25.5 Å². The van der Waals surface area contributed by atoms with Gasteiger partial charge in [-0.25, -0.2) is 0 Å². The first-order valence-electron chi connectivity index (χ1n) is 7.36. The molecule has 0 spiro atoms. The average molecular weight is 349 g/mol. The molecule has 8 nitrogen and oxygen atoms in total. The van der Waals surface area contributed by atoms with Crippen molar-refractivity contribution in [1.29, 1.82) is 0 Å². The zero-order valence-corrected chi connectivity index (χ0v) is 14.5. The molecule has 0 aliphatic rings. The van der Waals surface area contributed by atoms with E-state index < -0.39 is 5.97 Å². The number of nitrogens with one attached hydrogen (secondary N) is 1. The Kier molecular flexibility index (Phi) is 6.30. The van der Waals surface area contributed by atoms with Gasteiger partial charge in [0, 0.05) is 0 Å². The Hall–Kier alpha value is -2.42. The Balaban J connectivity index is 1.97. The van der Waals surface area contributed by atoms with Crippen LogP contribution in [0.2, 0.25) is 0 Å². The number of esters is 1. The van der Waals surface area contributed by atoms with Crippen LogP contribution in [-0.2, 0) is 14.3 Å². The molecule has 9 heteroatoms. The van der Waals surface area contributed by atoms with E-state index in [1.165, 1.54) is 24.4 Å². The van der Waals surface area contributed by atoms with E-state index in [0.717, 1.165) is 5.69 Å². The monoisotopic (exact) mass is 349 g/mol. The van der Waals surface area contributed by atoms with Crippen molar-refractivity contribution in [2.45, 2.75) is 24.9 Å². The molecule has 0 saturated carbocycles. The summed E-state index contributed by atoms with van der Waals surface area (Å²) in [6.45, 7) is 4.10. The molecule has 0 aliphatic carbocycles. The predicted molar refractivity (Wildman–Crippen MR) is 89.0 cm³/mol. The van der Waals surface area contributed by atoms with E-state index in [9.17, 15) is 9.59 Å². The molecule has 0 bridgehead atoms. The number of tetrazole rings is 1. The molecule has 0 fully saturated rings. The van der Waals surface area contributed by atoms with Gasteiger partial charge in [-0.2, -0.15) is 4.68 Å². The van der Waals surface area contributed by atoms with Gasteiger partial charge in [0.15, 0.2) is 0 Å². The summed E-state index contributed by atoms with van der Waals surface area (Å²) in [5.74, 6) is -0.250. The molecule has 1 amide bonds. The molecule has 0 unspecified atom stereocenters. The Morgan fingerprint density at radius 3 is 2.62 bits per heavy atom. The maximum atomic E-state index is 11.7. The molecule has 0 saturated heterocycles. The molecule has 0 aliphatic heterocycles. The summed E-state index contributed by atoms with van der Waals surface area (Å²) >= 11 is 1.19. The highest BCUT2D eigenvalue weighted by molar-refractivity contribution is 7.99. The number of hydrogen-bond donors (Lipinski definition) is 1. The second kappa shape index (κ2) is 8.44. The van der Waals surface area contributed by atoms with Gasteiger partial charge in [-0.05, 0) is 34.0 Å². The van der Waals surface area contributed by atoms with Crippen molar-refractivity contribution in [3.05, 3.63) is 29.8 Å². The molecular weight excluding hydrogens is 330 g/mol. The lowest BCUT2D eigenvalue weighted by atomic mass is 10.0. The molecule has 128 valence electrons. The number of aromatic nitrogens is 4. The topological polar surface area (TPSA) is 99.0 Å². The molecule has 1 aromatic heterocycles. The quantitative estimate of drug-likeness (QED) is 0.591. The fraction of sp³-hybridized carbons (Fsp3) is 0.400. The van der Waals surface area contributed by atoms with Gasteiger partial charge >= 0.3 is 5.97 Å². The van der Waals surface area contributed by atoms with E-state index in [2.05, 4.69) is 39.4 Å². The van der Waals surface area contributed by atoms with Crippen LogP contribution in [0.25, 0.3) is 5.69 Å².